The van der Waals surface area contributed by atoms with E-state index in [0.29, 0.717) is 17.2 Å². The van der Waals surface area contributed by atoms with Crippen LogP contribution in [0.25, 0.3) is 0 Å². The highest BCUT2D eigenvalue weighted by atomic mass is 32.2. The third-order valence-corrected chi connectivity index (χ3v) is 5.18. The van der Waals surface area contributed by atoms with Crippen LogP contribution in [0.5, 0.6) is 0 Å². The molecular formula is C9H15N3S2. The van der Waals surface area contributed by atoms with Gasteiger partial charge in [0.25, 0.3) is 0 Å². The number of aromatic nitrogens is 2. The van der Waals surface area contributed by atoms with E-state index in [1.54, 1.807) is 0 Å². The highest BCUT2D eigenvalue weighted by Gasteiger charge is 2.31. The Labute approximate surface area is 92.7 Å². The van der Waals surface area contributed by atoms with Gasteiger partial charge in [-0.3, -0.25) is 0 Å². The molecule has 78 valence electrons. The molecule has 0 bridgehead atoms. The van der Waals surface area contributed by atoms with Crippen molar-refractivity contribution in [2.24, 2.45) is 11.7 Å². The number of nitrogens with zero attached hydrogens (tertiary/aromatic N) is 2. The maximum absolute atomic E-state index is 5.98. The van der Waals surface area contributed by atoms with Crippen molar-refractivity contribution in [1.29, 1.82) is 0 Å². The summed E-state index contributed by atoms with van der Waals surface area (Å²) in [6.45, 7) is 4.17. The van der Waals surface area contributed by atoms with Crippen molar-refractivity contribution in [3.05, 3.63) is 5.82 Å². The molecule has 1 aliphatic rings. The molecule has 0 aromatic carbocycles. The molecule has 1 fully saturated rings. The standard InChI is InChI=1S/C9H15N3S2/c1-5-7(10)3-4-8(5)13-9-11-6(2)12-14-9/h5,7-8H,3-4,10H2,1-2H3. The second kappa shape index (κ2) is 4.16. The van der Waals surface area contributed by atoms with Crippen LogP contribution in [0, 0.1) is 12.8 Å². The number of hydrogen-bond donors (Lipinski definition) is 1. The number of rotatable bonds is 2. The van der Waals surface area contributed by atoms with Gasteiger partial charge < -0.3 is 5.73 Å². The summed E-state index contributed by atoms with van der Waals surface area (Å²) in [5, 5.41) is 0.636. The minimum atomic E-state index is 0.376. The summed E-state index contributed by atoms with van der Waals surface area (Å²) in [5.41, 5.74) is 5.98. The molecule has 0 saturated heterocycles. The van der Waals surface area contributed by atoms with Gasteiger partial charge >= 0.3 is 0 Å². The van der Waals surface area contributed by atoms with Crippen molar-refractivity contribution in [2.75, 3.05) is 0 Å². The van der Waals surface area contributed by atoms with Crippen LogP contribution in [0.2, 0.25) is 0 Å². The van der Waals surface area contributed by atoms with E-state index in [2.05, 4.69) is 16.3 Å². The van der Waals surface area contributed by atoms with Crippen molar-refractivity contribution < 1.29 is 0 Å². The van der Waals surface area contributed by atoms with Crippen molar-refractivity contribution in [1.82, 2.24) is 9.36 Å². The largest absolute Gasteiger partial charge is 0.327 e. The number of thioether (sulfide) groups is 1. The summed E-state index contributed by atoms with van der Waals surface area (Å²) >= 11 is 3.35. The molecule has 3 nitrogen and oxygen atoms in total. The molecule has 5 heteroatoms. The summed E-state index contributed by atoms with van der Waals surface area (Å²) in [6.07, 6.45) is 2.36. The van der Waals surface area contributed by atoms with E-state index in [9.17, 15) is 0 Å². The van der Waals surface area contributed by atoms with E-state index in [4.69, 9.17) is 5.73 Å². The quantitative estimate of drug-likeness (QED) is 0.843. The molecule has 0 aliphatic heterocycles. The van der Waals surface area contributed by atoms with Gasteiger partial charge in [-0.2, -0.15) is 4.37 Å². The normalized spacial score (nSPS) is 32.4. The van der Waals surface area contributed by atoms with Gasteiger partial charge in [0.2, 0.25) is 0 Å². The molecule has 14 heavy (non-hydrogen) atoms. The molecule has 1 saturated carbocycles. The Balaban J connectivity index is 1.98. The van der Waals surface area contributed by atoms with Crippen LogP contribution < -0.4 is 5.73 Å². The lowest BCUT2D eigenvalue weighted by atomic mass is 10.1. The van der Waals surface area contributed by atoms with Crippen LogP contribution in [-0.2, 0) is 0 Å². The van der Waals surface area contributed by atoms with Gasteiger partial charge in [-0.15, -0.1) is 0 Å². The Bertz CT molecular complexity index is 313. The first kappa shape index (κ1) is 10.4. The zero-order valence-corrected chi connectivity index (χ0v) is 10.1. The maximum atomic E-state index is 5.98. The van der Waals surface area contributed by atoms with E-state index in [0.717, 1.165) is 16.6 Å². The fourth-order valence-corrected chi connectivity index (χ4v) is 3.97. The second-order valence-corrected chi connectivity index (χ2v) is 6.10. The molecule has 3 atom stereocenters. The zero-order valence-electron chi connectivity index (χ0n) is 8.43. The van der Waals surface area contributed by atoms with Crippen LogP contribution in [0.3, 0.4) is 0 Å². The third-order valence-electron chi connectivity index (χ3n) is 2.81. The van der Waals surface area contributed by atoms with Crippen molar-refractivity contribution in [3.8, 4) is 0 Å². The van der Waals surface area contributed by atoms with Crippen molar-refractivity contribution >= 4 is 23.3 Å². The second-order valence-electron chi connectivity index (χ2n) is 3.86. The van der Waals surface area contributed by atoms with Gasteiger partial charge in [0.05, 0.1) is 0 Å². The van der Waals surface area contributed by atoms with Gasteiger partial charge in [-0.25, -0.2) is 4.98 Å². The lowest BCUT2D eigenvalue weighted by molar-refractivity contribution is 0.535. The molecule has 1 aliphatic carbocycles. The number of aryl methyl sites for hydroxylation is 1. The minimum absolute atomic E-state index is 0.376. The van der Waals surface area contributed by atoms with Crippen molar-refractivity contribution in [3.63, 3.8) is 0 Å². The van der Waals surface area contributed by atoms with Gasteiger partial charge in [0.1, 0.15) is 5.82 Å². The SMILES string of the molecule is Cc1nsc(SC2CCC(N)C2C)n1. The zero-order chi connectivity index (χ0) is 10.1. The molecule has 0 spiro atoms. The average Bonchev–Trinajstić information content (AvgIpc) is 2.67. The van der Waals surface area contributed by atoms with E-state index in [-0.39, 0.29) is 0 Å². The first-order chi connectivity index (χ1) is 6.66. The Morgan fingerprint density at radius 3 is 2.79 bits per heavy atom. The Kier molecular flexibility index (Phi) is 3.09. The van der Waals surface area contributed by atoms with Gasteiger partial charge in [0, 0.05) is 11.3 Å². The topological polar surface area (TPSA) is 51.8 Å². The molecule has 0 amide bonds. The van der Waals surface area contributed by atoms with Crippen LogP contribution in [0.1, 0.15) is 25.6 Å². The Morgan fingerprint density at radius 2 is 2.29 bits per heavy atom. The summed E-state index contributed by atoms with van der Waals surface area (Å²) in [7, 11) is 0. The monoisotopic (exact) mass is 229 g/mol. The molecule has 1 aromatic rings. The Morgan fingerprint density at radius 1 is 1.50 bits per heavy atom. The summed E-state index contributed by atoms with van der Waals surface area (Å²) in [4.78, 5) is 4.36. The van der Waals surface area contributed by atoms with Crippen LogP contribution in [0.4, 0.5) is 0 Å². The fourth-order valence-electron chi connectivity index (χ4n) is 1.78. The predicted octanol–water partition coefficient (Wildman–Crippen LogP) is 2.06. The van der Waals surface area contributed by atoms with Crippen LogP contribution in [0.15, 0.2) is 4.34 Å². The van der Waals surface area contributed by atoms with Gasteiger partial charge in [0.15, 0.2) is 4.34 Å². The Hall–Kier alpha value is -0.130. The number of nitrogens with two attached hydrogens (primary N) is 1. The fraction of sp³-hybridized carbons (Fsp3) is 0.778. The van der Waals surface area contributed by atoms with Gasteiger partial charge in [-0.05, 0) is 37.2 Å². The van der Waals surface area contributed by atoms with Crippen LogP contribution >= 0.6 is 23.3 Å². The average molecular weight is 229 g/mol. The summed E-state index contributed by atoms with van der Waals surface area (Å²) < 4.78 is 5.27. The highest BCUT2D eigenvalue weighted by Crippen LogP contribution is 2.38. The summed E-state index contributed by atoms with van der Waals surface area (Å²) in [6, 6.07) is 0.376. The smallest absolute Gasteiger partial charge is 0.170 e. The molecule has 1 aromatic heterocycles. The van der Waals surface area contributed by atoms with E-state index < -0.39 is 0 Å². The van der Waals surface area contributed by atoms with E-state index in [1.807, 2.05) is 18.7 Å². The number of hydrogen-bond acceptors (Lipinski definition) is 5. The lowest BCUT2D eigenvalue weighted by Crippen LogP contribution is -2.25. The van der Waals surface area contributed by atoms with E-state index in [1.165, 1.54) is 18.0 Å². The molecule has 2 rings (SSSR count). The first-order valence-corrected chi connectivity index (χ1v) is 6.54. The lowest BCUT2D eigenvalue weighted by Gasteiger charge is -2.15. The predicted molar refractivity (Wildman–Crippen MR) is 60.7 cm³/mol. The van der Waals surface area contributed by atoms with E-state index >= 15 is 0 Å². The molecule has 0 radical (unpaired) electrons. The van der Waals surface area contributed by atoms with Gasteiger partial charge in [-0.1, -0.05) is 18.7 Å². The molecule has 2 N–H and O–H groups in total. The third kappa shape index (κ3) is 2.10. The molecule has 1 heterocycles. The molecule has 3 unspecified atom stereocenters. The minimum Gasteiger partial charge on any atom is -0.327 e. The highest BCUT2D eigenvalue weighted by molar-refractivity contribution is 8.01. The first-order valence-electron chi connectivity index (χ1n) is 4.89. The molecular weight excluding hydrogens is 214 g/mol. The van der Waals surface area contributed by atoms with Crippen molar-refractivity contribution in [2.45, 2.75) is 42.3 Å². The summed E-state index contributed by atoms with van der Waals surface area (Å²) in [5.74, 6) is 1.48. The maximum Gasteiger partial charge on any atom is 0.170 e. The van der Waals surface area contributed by atoms with Crippen LogP contribution in [-0.4, -0.2) is 20.6 Å².